The monoisotopic (exact) mass is 1880 g/mol. The van der Waals surface area contributed by atoms with Crippen molar-refractivity contribution in [3.63, 3.8) is 0 Å². The van der Waals surface area contributed by atoms with E-state index >= 15 is 0 Å². The Bertz CT molecular complexity index is 6590. The normalized spacial score (nSPS) is 23.0. The summed E-state index contributed by atoms with van der Waals surface area (Å²) in [6.07, 6.45) is 31.9. The maximum atomic E-state index is 13.5. The van der Waals surface area contributed by atoms with E-state index in [1.165, 1.54) is 231 Å². The molecule has 14 aromatic carbocycles. The van der Waals surface area contributed by atoms with E-state index in [-0.39, 0.29) is 40.7 Å². The lowest BCUT2D eigenvalue weighted by molar-refractivity contribution is -0.162. The minimum atomic E-state index is -0.311. The molecule has 0 radical (unpaired) electrons. The smallest absolute Gasteiger partial charge is 0.343 e. The van der Waals surface area contributed by atoms with Gasteiger partial charge in [-0.3, -0.25) is 9.59 Å². The summed E-state index contributed by atoms with van der Waals surface area (Å²) in [5.74, 6) is 20.2. The second kappa shape index (κ2) is 41.6. The van der Waals surface area contributed by atoms with Gasteiger partial charge in [0.2, 0.25) is 0 Å². The van der Waals surface area contributed by atoms with Gasteiger partial charge in [0.25, 0.3) is 0 Å². The van der Waals surface area contributed by atoms with Gasteiger partial charge in [-0.2, -0.15) is 0 Å². The molecule has 8 bridgehead atoms. The molecule has 8 aliphatic carbocycles. The lowest BCUT2D eigenvalue weighted by atomic mass is 9.49. The Morgan fingerprint density at radius 1 is 0.207 bits per heavy atom. The Morgan fingerprint density at radius 2 is 0.430 bits per heavy atom. The molecular formula is C120H123O10S5+5. The highest BCUT2D eigenvalue weighted by Crippen LogP contribution is 2.62. The molecule has 14 aromatic rings. The molecule has 0 N–H and O–H groups in total. The number of rotatable bonds is 15. The van der Waals surface area contributed by atoms with Gasteiger partial charge in [-0.25, -0.2) is 14.4 Å². The lowest BCUT2D eigenvalue weighted by Crippen LogP contribution is -2.51. The van der Waals surface area contributed by atoms with Crippen molar-refractivity contribution in [3.8, 4) is 28.7 Å². The third-order valence-corrected chi connectivity index (χ3v) is 43.3. The molecule has 0 unspecified atom stereocenters. The highest BCUT2D eigenvalue weighted by atomic mass is 32.2. The van der Waals surface area contributed by atoms with Crippen LogP contribution in [0.1, 0.15) is 192 Å². The molecule has 8 saturated carbocycles. The van der Waals surface area contributed by atoms with Crippen LogP contribution < -0.4 is 23.7 Å². The van der Waals surface area contributed by atoms with Crippen LogP contribution in [-0.4, -0.2) is 87.4 Å². The second-order valence-corrected chi connectivity index (χ2v) is 51.0. The van der Waals surface area contributed by atoms with Gasteiger partial charge >= 0.3 is 29.8 Å². The van der Waals surface area contributed by atoms with E-state index in [0.717, 1.165) is 123 Å². The van der Waals surface area contributed by atoms with E-state index in [1.54, 1.807) is 24.3 Å². The third kappa shape index (κ3) is 20.1. The van der Waals surface area contributed by atoms with Crippen molar-refractivity contribution in [1.29, 1.82) is 0 Å². The van der Waals surface area contributed by atoms with Crippen LogP contribution in [0.15, 0.2) is 310 Å². The van der Waals surface area contributed by atoms with Crippen LogP contribution in [-0.2, 0) is 64.1 Å². The van der Waals surface area contributed by atoms with Crippen LogP contribution >= 0.6 is 0 Å². The topological polar surface area (TPSA) is 132 Å². The van der Waals surface area contributed by atoms with Crippen LogP contribution in [0, 0.1) is 46.3 Å². The number of carbonyl (C=O) groups excluding carboxylic acids is 5. The minimum Gasteiger partial charge on any atom is -0.425 e. The van der Waals surface area contributed by atoms with E-state index in [0.29, 0.717) is 88.4 Å². The molecule has 0 spiro atoms. The quantitative estimate of drug-likeness (QED) is 0.0555. The Labute approximate surface area is 809 Å². The number of hydrogen-bond acceptors (Lipinski definition) is 10. The Kier molecular flexibility index (Phi) is 28.1. The fourth-order valence-corrected chi connectivity index (χ4v) is 37.4. The number of ether oxygens (including phenoxy) is 5. The summed E-state index contributed by atoms with van der Waals surface area (Å²) < 4.78 is 29.7. The van der Waals surface area contributed by atoms with Crippen molar-refractivity contribution in [2.45, 2.75) is 185 Å². The number of fused-ring (bicyclic) bond motifs is 6. The van der Waals surface area contributed by atoms with Crippen LogP contribution in [0.4, 0.5) is 0 Å². The van der Waals surface area contributed by atoms with Gasteiger partial charge in [0.1, 0.15) is 86.3 Å². The van der Waals surface area contributed by atoms with Gasteiger partial charge in [-0.1, -0.05) is 158 Å². The van der Waals surface area contributed by atoms with Crippen molar-refractivity contribution >= 4 is 149 Å². The van der Waals surface area contributed by atoms with Gasteiger partial charge in [0, 0.05) is 108 Å². The zero-order valence-electron chi connectivity index (χ0n) is 77.5. The molecule has 688 valence electrons. The molecular weight excluding hydrogens is 1760 g/mol. The first-order valence-electron chi connectivity index (χ1n) is 50.0. The minimum absolute atomic E-state index is 0.0628. The van der Waals surface area contributed by atoms with Crippen LogP contribution in [0.2, 0.25) is 0 Å². The highest BCUT2D eigenvalue weighted by molar-refractivity contribution is 7.98. The fourth-order valence-electron chi connectivity index (χ4n) is 24.9. The zero-order chi connectivity index (χ0) is 91.2. The molecule has 0 atom stereocenters. The summed E-state index contributed by atoms with van der Waals surface area (Å²) in [5.41, 5.74) is 1.33. The van der Waals surface area contributed by atoms with Crippen molar-refractivity contribution in [2.24, 2.45) is 46.3 Å². The standard InChI is InChI=1S/C26H31O2S.C26H23O2S.C25H29O2S.C22H21O2S.C21H19O2S/c27-25(26-15-18-12-19(16-26)14-20(13-18)17-26)28-23-8-9-24(29-10-4-1-5-11-29)22-7-3-2-6-21(22)23;27-26(21-13-12-19-8-2-3-9-20(19)18-21)28-24-14-15-25(29-16-6-1-7-17-29)23-11-5-4-10-22(23)24;26-24(25-14-17-11-18(15-25)13-19(12-17)16-25)27-22-7-8-23(28-9-3-4-10-28)21-6-2-1-5-20(21)22;23-22(17-9-3-1-4-10-17)24-20-13-14-21(25-15-7-2-8-16-25)19-12-6-5-11-18(19)20;22-21(16-8-2-1-3-9-16)23-19-12-13-20(24-14-6-7-15-24)18-11-5-4-10-17(18)19/h2-3,6-9,18-20H,1,4-5,10-17H2;2-5,8-15,18H,1,6-7,16-17H2;1-2,5-8,17-19H,3-4,9-16H2;1,3-6,9-14H,2,7-8,15-16H2;1-5,8-13H,6-7,14-15H2/q5*+1. The maximum absolute atomic E-state index is 13.5. The number of benzene rings is 14. The van der Waals surface area contributed by atoms with E-state index in [2.05, 4.69) is 140 Å². The summed E-state index contributed by atoms with van der Waals surface area (Å²) in [7, 11) is 1.67. The van der Waals surface area contributed by atoms with E-state index in [1.807, 2.05) is 121 Å². The van der Waals surface area contributed by atoms with Gasteiger partial charge in [0.15, 0.2) is 24.5 Å². The second-order valence-electron chi connectivity index (χ2n) is 39.8. The first-order valence-corrected chi connectivity index (χ1v) is 57.8. The molecule has 10 nitrogen and oxygen atoms in total. The van der Waals surface area contributed by atoms with Gasteiger partial charge in [-0.15, -0.1) is 0 Å². The zero-order valence-corrected chi connectivity index (χ0v) is 81.6. The molecule has 5 aliphatic heterocycles. The molecule has 13 fully saturated rings. The number of hydrogen-bond donors (Lipinski definition) is 0. The van der Waals surface area contributed by atoms with Crippen LogP contribution in [0.5, 0.6) is 28.7 Å². The van der Waals surface area contributed by atoms with E-state index in [9.17, 15) is 24.0 Å². The summed E-state index contributed by atoms with van der Waals surface area (Å²) in [6, 6.07) is 95.2. The van der Waals surface area contributed by atoms with Crippen molar-refractivity contribution < 1.29 is 47.7 Å². The predicted octanol–water partition coefficient (Wildman–Crippen LogP) is 28.3. The van der Waals surface area contributed by atoms with E-state index < -0.39 is 0 Å². The number of carbonyl (C=O) groups is 5. The van der Waals surface area contributed by atoms with Gasteiger partial charge in [-0.05, 0) is 334 Å². The molecule has 13 aliphatic rings. The molecule has 0 amide bonds. The Hall–Kier alpha value is -10.3. The largest absolute Gasteiger partial charge is 0.425 e. The lowest BCUT2D eigenvalue weighted by Gasteiger charge is -2.55. The van der Waals surface area contributed by atoms with Crippen molar-refractivity contribution in [2.75, 3.05) is 57.5 Å². The SMILES string of the molecule is O=C(Oc1ccc([S+]2CCCC2)c2ccccc12)C12CC3CC(CC(C3)C1)C2.O=C(Oc1ccc([S+]2CCCC2)c2ccccc12)c1ccccc1.O=C(Oc1ccc([S+]2CCCCC2)c2ccccc12)C12CC3CC(CC(C3)C1)C2.O=C(Oc1ccc([S+]2CCCCC2)c2ccccc12)c1ccc2ccccc2c1.O=C(Oc1ccc([S+]2CCCCC2)c2ccccc12)c1ccccc1. The summed E-state index contributed by atoms with van der Waals surface area (Å²) in [4.78, 5) is 71.8. The molecule has 5 saturated heterocycles. The molecule has 0 aromatic heterocycles. The summed E-state index contributed by atoms with van der Waals surface area (Å²) in [6.45, 7) is 0. The highest BCUT2D eigenvalue weighted by Gasteiger charge is 2.57. The molecule has 135 heavy (non-hydrogen) atoms. The first kappa shape index (κ1) is 91.2. The van der Waals surface area contributed by atoms with Crippen molar-refractivity contribution in [3.05, 3.63) is 302 Å². The van der Waals surface area contributed by atoms with E-state index in [4.69, 9.17) is 23.7 Å². The van der Waals surface area contributed by atoms with Crippen molar-refractivity contribution in [1.82, 2.24) is 0 Å². The van der Waals surface area contributed by atoms with Gasteiger partial charge in [0.05, 0.1) is 27.5 Å². The third-order valence-electron chi connectivity index (χ3n) is 30.6. The van der Waals surface area contributed by atoms with Crippen LogP contribution in [0.25, 0.3) is 64.6 Å². The average Bonchev–Trinajstić information content (AvgIpc) is 1.17. The molecule has 5 heterocycles. The predicted molar refractivity (Wildman–Crippen MR) is 561 cm³/mol. The summed E-state index contributed by atoms with van der Waals surface area (Å²) in [5, 5.41) is 13.8. The van der Waals surface area contributed by atoms with Crippen LogP contribution in [0.3, 0.4) is 0 Å². The molecule has 15 heteroatoms. The fraction of sp³-hybridized carbons (Fsp3) is 0.358. The Balaban J connectivity index is 0.000000101. The summed E-state index contributed by atoms with van der Waals surface area (Å²) >= 11 is 0. The Morgan fingerprint density at radius 3 is 0.704 bits per heavy atom. The average molecular weight is 1890 g/mol. The maximum Gasteiger partial charge on any atom is 0.343 e. The molecule has 27 rings (SSSR count). The van der Waals surface area contributed by atoms with Gasteiger partial charge < -0.3 is 23.7 Å². The first-order chi connectivity index (χ1) is 66.3. The number of esters is 5.